The molecule has 0 amide bonds. The number of rotatable bonds is 4. The van der Waals surface area contributed by atoms with Crippen molar-refractivity contribution in [1.29, 1.82) is 0 Å². The maximum absolute atomic E-state index is 11.5. The molecule has 3 heteroatoms. The lowest BCUT2D eigenvalue weighted by Crippen LogP contribution is -2.06. The van der Waals surface area contributed by atoms with Crippen molar-refractivity contribution < 1.29 is 4.79 Å². The quantitative estimate of drug-likeness (QED) is 0.688. The number of aryl methyl sites for hydroxylation is 1. The summed E-state index contributed by atoms with van der Waals surface area (Å²) in [5, 5.41) is 0. The Labute approximate surface area is 84.6 Å². The molecule has 0 radical (unpaired) electrons. The van der Waals surface area contributed by atoms with Crippen LogP contribution in [-0.4, -0.2) is 15.8 Å². The lowest BCUT2D eigenvalue weighted by Gasteiger charge is -2.02. The van der Waals surface area contributed by atoms with Crippen LogP contribution in [0.5, 0.6) is 0 Å². The average Bonchev–Trinajstić information content (AvgIpc) is 2.15. The van der Waals surface area contributed by atoms with Crippen molar-refractivity contribution in [1.82, 2.24) is 9.97 Å². The third-order valence-electron chi connectivity index (χ3n) is 1.98. The third kappa shape index (κ3) is 3.24. The molecule has 14 heavy (non-hydrogen) atoms. The Morgan fingerprint density at radius 3 is 2.43 bits per heavy atom. The summed E-state index contributed by atoms with van der Waals surface area (Å²) in [6, 6.07) is 0. The fourth-order valence-corrected chi connectivity index (χ4v) is 1.07. The van der Waals surface area contributed by atoms with E-state index in [9.17, 15) is 4.79 Å². The van der Waals surface area contributed by atoms with Gasteiger partial charge in [-0.05, 0) is 24.8 Å². The van der Waals surface area contributed by atoms with Gasteiger partial charge in [0.2, 0.25) is 0 Å². The number of hydrogen-bond donors (Lipinski definition) is 0. The predicted octanol–water partition coefficient (Wildman–Crippen LogP) is 2.40. The largest absolute Gasteiger partial charge is 0.291 e. The second-order valence-electron chi connectivity index (χ2n) is 3.94. The Hall–Kier alpha value is -1.25. The van der Waals surface area contributed by atoms with Crippen LogP contribution < -0.4 is 0 Å². The van der Waals surface area contributed by atoms with Crippen molar-refractivity contribution in [3.05, 3.63) is 23.8 Å². The minimum Gasteiger partial charge on any atom is -0.291 e. The average molecular weight is 192 g/mol. The summed E-state index contributed by atoms with van der Waals surface area (Å²) in [4.78, 5) is 19.5. The summed E-state index contributed by atoms with van der Waals surface area (Å²) in [6.45, 7) is 6.11. The summed E-state index contributed by atoms with van der Waals surface area (Å²) < 4.78 is 0. The molecule has 1 rings (SSSR count). The molecule has 0 aliphatic heterocycles. The standard InChI is InChI=1S/C11H16N2O/c1-8(2)4-5-10(14)11-12-6-9(3)7-13-11/h6-8H,4-5H2,1-3H3. The highest BCUT2D eigenvalue weighted by Crippen LogP contribution is 2.07. The molecule has 1 aromatic heterocycles. The second-order valence-corrected chi connectivity index (χ2v) is 3.94. The molecule has 0 aliphatic rings. The van der Waals surface area contributed by atoms with E-state index in [-0.39, 0.29) is 5.78 Å². The zero-order chi connectivity index (χ0) is 10.6. The normalized spacial score (nSPS) is 10.6. The zero-order valence-electron chi connectivity index (χ0n) is 8.95. The van der Waals surface area contributed by atoms with Crippen LogP contribution in [0.2, 0.25) is 0 Å². The summed E-state index contributed by atoms with van der Waals surface area (Å²) in [5.74, 6) is 0.930. The highest BCUT2D eigenvalue weighted by molar-refractivity contribution is 5.92. The molecule has 0 N–H and O–H groups in total. The summed E-state index contributed by atoms with van der Waals surface area (Å²) in [5.41, 5.74) is 0.977. The van der Waals surface area contributed by atoms with Gasteiger partial charge in [0.15, 0.2) is 11.6 Å². The van der Waals surface area contributed by atoms with Crippen LogP contribution >= 0.6 is 0 Å². The second kappa shape index (κ2) is 4.84. The highest BCUT2D eigenvalue weighted by Gasteiger charge is 2.09. The maximum atomic E-state index is 11.5. The van der Waals surface area contributed by atoms with Crippen LogP contribution in [0.3, 0.4) is 0 Å². The first-order valence-electron chi connectivity index (χ1n) is 4.91. The molecule has 0 unspecified atom stereocenters. The van der Waals surface area contributed by atoms with Crippen LogP contribution in [0.15, 0.2) is 12.4 Å². The Kier molecular flexibility index (Phi) is 3.74. The van der Waals surface area contributed by atoms with Gasteiger partial charge in [-0.3, -0.25) is 4.79 Å². The number of aromatic nitrogens is 2. The fraction of sp³-hybridized carbons (Fsp3) is 0.545. The number of nitrogens with zero attached hydrogens (tertiary/aromatic N) is 2. The topological polar surface area (TPSA) is 42.9 Å². The van der Waals surface area contributed by atoms with Gasteiger partial charge in [-0.25, -0.2) is 9.97 Å². The van der Waals surface area contributed by atoms with Gasteiger partial charge in [0.05, 0.1) is 0 Å². The monoisotopic (exact) mass is 192 g/mol. The van der Waals surface area contributed by atoms with Crippen LogP contribution in [0.4, 0.5) is 0 Å². The van der Waals surface area contributed by atoms with Crippen LogP contribution in [0, 0.1) is 12.8 Å². The van der Waals surface area contributed by atoms with Crippen molar-refractivity contribution in [3.8, 4) is 0 Å². The van der Waals surface area contributed by atoms with E-state index in [0.29, 0.717) is 18.2 Å². The molecular formula is C11H16N2O. The first-order valence-corrected chi connectivity index (χ1v) is 4.91. The predicted molar refractivity (Wildman–Crippen MR) is 55.2 cm³/mol. The molecule has 0 aliphatic carbocycles. The Bertz CT molecular complexity index is 304. The summed E-state index contributed by atoms with van der Waals surface area (Å²) >= 11 is 0. The van der Waals surface area contributed by atoms with Gasteiger partial charge in [0.25, 0.3) is 0 Å². The van der Waals surface area contributed by atoms with E-state index in [1.165, 1.54) is 0 Å². The van der Waals surface area contributed by atoms with Crippen LogP contribution in [-0.2, 0) is 0 Å². The van der Waals surface area contributed by atoms with E-state index >= 15 is 0 Å². The lowest BCUT2D eigenvalue weighted by molar-refractivity contribution is 0.0965. The van der Waals surface area contributed by atoms with Crippen molar-refractivity contribution in [2.75, 3.05) is 0 Å². The smallest absolute Gasteiger partial charge is 0.200 e. The first kappa shape index (κ1) is 10.8. The molecule has 0 atom stereocenters. The number of hydrogen-bond acceptors (Lipinski definition) is 3. The molecule has 0 fully saturated rings. The van der Waals surface area contributed by atoms with Gasteiger partial charge in [0, 0.05) is 18.8 Å². The fourth-order valence-electron chi connectivity index (χ4n) is 1.07. The van der Waals surface area contributed by atoms with Gasteiger partial charge in [0.1, 0.15) is 0 Å². The number of carbonyl (C=O) groups excluding carboxylic acids is 1. The SMILES string of the molecule is Cc1cnc(C(=O)CCC(C)C)nc1. The lowest BCUT2D eigenvalue weighted by atomic mass is 10.1. The number of ketones is 1. The van der Waals surface area contributed by atoms with Gasteiger partial charge in [-0.2, -0.15) is 0 Å². The molecule has 0 bridgehead atoms. The van der Waals surface area contributed by atoms with Crippen molar-refractivity contribution in [3.63, 3.8) is 0 Å². The molecular weight excluding hydrogens is 176 g/mol. The third-order valence-corrected chi connectivity index (χ3v) is 1.98. The van der Waals surface area contributed by atoms with E-state index in [0.717, 1.165) is 12.0 Å². The van der Waals surface area contributed by atoms with Crippen LogP contribution in [0.1, 0.15) is 42.9 Å². The maximum Gasteiger partial charge on any atom is 0.200 e. The van der Waals surface area contributed by atoms with Crippen molar-refractivity contribution in [2.24, 2.45) is 5.92 Å². The molecule has 3 nitrogen and oxygen atoms in total. The first-order chi connectivity index (χ1) is 6.59. The van der Waals surface area contributed by atoms with Gasteiger partial charge < -0.3 is 0 Å². The minimum atomic E-state index is 0.0405. The summed E-state index contributed by atoms with van der Waals surface area (Å²) in [7, 11) is 0. The molecule has 76 valence electrons. The number of Topliss-reactive ketones (excluding diaryl/α,β-unsaturated/α-hetero) is 1. The van der Waals surface area contributed by atoms with Crippen molar-refractivity contribution >= 4 is 5.78 Å². The Balaban J connectivity index is 2.57. The van der Waals surface area contributed by atoms with Gasteiger partial charge >= 0.3 is 0 Å². The van der Waals surface area contributed by atoms with E-state index in [1.54, 1.807) is 12.4 Å². The van der Waals surface area contributed by atoms with E-state index in [1.807, 2.05) is 6.92 Å². The molecule has 0 saturated carbocycles. The molecule has 1 aromatic rings. The molecule has 0 aromatic carbocycles. The highest BCUT2D eigenvalue weighted by atomic mass is 16.1. The van der Waals surface area contributed by atoms with Gasteiger partial charge in [-0.15, -0.1) is 0 Å². The zero-order valence-corrected chi connectivity index (χ0v) is 8.95. The molecule has 0 saturated heterocycles. The van der Waals surface area contributed by atoms with E-state index in [2.05, 4.69) is 23.8 Å². The molecule has 0 spiro atoms. The Morgan fingerprint density at radius 2 is 1.93 bits per heavy atom. The minimum absolute atomic E-state index is 0.0405. The van der Waals surface area contributed by atoms with E-state index < -0.39 is 0 Å². The number of carbonyl (C=O) groups is 1. The van der Waals surface area contributed by atoms with Gasteiger partial charge in [-0.1, -0.05) is 13.8 Å². The Morgan fingerprint density at radius 1 is 1.36 bits per heavy atom. The van der Waals surface area contributed by atoms with Crippen LogP contribution in [0.25, 0.3) is 0 Å². The van der Waals surface area contributed by atoms with E-state index in [4.69, 9.17) is 0 Å². The summed E-state index contributed by atoms with van der Waals surface area (Å²) in [6.07, 6.45) is 4.79. The van der Waals surface area contributed by atoms with Crippen molar-refractivity contribution in [2.45, 2.75) is 33.6 Å². The molecule has 1 heterocycles.